The average Bonchev–Trinajstić information content (AvgIpc) is 3.32. The zero-order valence-corrected chi connectivity index (χ0v) is 19.8. The number of thiazole rings is 1. The van der Waals surface area contributed by atoms with Crippen LogP contribution in [0.2, 0.25) is 0 Å². The van der Waals surface area contributed by atoms with Crippen molar-refractivity contribution in [2.24, 2.45) is 0 Å². The molecule has 0 bridgehead atoms. The summed E-state index contributed by atoms with van der Waals surface area (Å²) >= 11 is 1.23. The Bertz CT molecular complexity index is 1160. The van der Waals surface area contributed by atoms with Crippen LogP contribution in [0.15, 0.2) is 30.5 Å². The van der Waals surface area contributed by atoms with Crippen LogP contribution >= 0.6 is 11.3 Å². The molecule has 1 fully saturated rings. The van der Waals surface area contributed by atoms with E-state index in [0.29, 0.717) is 59.4 Å². The summed E-state index contributed by atoms with van der Waals surface area (Å²) < 4.78 is 11.3. The monoisotopic (exact) mass is 484 g/mol. The lowest BCUT2D eigenvalue weighted by atomic mass is 10.2. The van der Waals surface area contributed by atoms with Crippen molar-refractivity contribution < 1.29 is 19.1 Å². The lowest BCUT2D eigenvalue weighted by Gasteiger charge is -2.26. The Hall–Kier alpha value is -3.84. The zero-order chi connectivity index (χ0) is 24.1. The number of nitrogens with zero attached hydrogens (tertiary/aromatic N) is 6. The number of carbonyl (C=O) groups excluding carboxylic acids is 2. The van der Waals surface area contributed by atoms with Gasteiger partial charge in [0.2, 0.25) is 5.95 Å². The quantitative estimate of drug-likeness (QED) is 0.539. The summed E-state index contributed by atoms with van der Waals surface area (Å²) in [7, 11) is 4.92. The van der Waals surface area contributed by atoms with E-state index in [1.54, 1.807) is 44.6 Å². The maximum Gasteiger partial charge on any atom is 0.327 e. The first-order valence-electron chi connectivity index (χ1n) is 10.5. The van der Waals surface area contributed by atoms with Gasteiger partial charge in [0, 0.05) is 39.8 Å². The minimum absolute atomic E-state index is 0.102. The minimum Gasteiger partial charge on any atom is -0.424 e. The van der Waals surface area contributed by atoms with Crippen LogP contribution in [-0.4, -0.2) is 84.2 Å². The number of benzene rings is 1. The second-order valence-corrected chi connectivity index (χ2v) is 8.43. The molecule has 34 heavy (non-hydrogen) atoms. The second-order valence-electron chi connectivity index (χ2n) is 7.40. The van der Waals surface area contributed by atoms with Crippen LogP contribution in [0.1, 0.15) is 10.4 Å². The third kappa shape index (κ3) is 5.55. The number of urea groups is 1. The maximum absolute atomic E-state index is 12.1. The van der Waals surface area contributed by atoms with Crippen LogP contribution in [0.4, 0.5) is 15.9 Å². The summed E-state index contributed by atoms with van der Waals surface area (Å²) in [5, 5.41) is 5.52. The Morgan fingerprint density at radius 1 is 1.12 bits per heavy atom. The maximum atomic E-state index is 12.1. The van der Waals surface area contributed by atoms with Gasteiger partial charge in [-0.25, -0.2) is 9.78 Å². The summed E-state index contributed by atoms with van der Waals surface area (Å²) in [5.41, 5.74) is 0.545. The molecule has 0 spiro atoms. The molecule has 4 rings (SSSR count). The molecule has 178 valence electrons. The zero-order valence-electron chi connectivity index (χ0n) is 18.9. The van der Waals surface area contributed by atoms with Gasteiger partial charge in [0.25, 0.3) is 5.91 Å². The molecular weight excluding hydrogens is 460 g/mol. The molecule has 1 aliphatic heterocycles. The lowest BCUT2D eigenvalue weighted by Crippen LogP contribution is -2.37. The molecule has 1 aliphatic rings. The highest BCUT2D eigenvalue weighted by Crippen LogP contribution is 2.30. The highest BCUT2D eigenvalue weighted by atomic mass is 32.1. The standard InChI is InChI=1S/C21H24N8O4S/c1-22-19(31)27-21-23-12-15(34-21)16-24-18(29-8-10-32-11-9-29)26-20(25-16)33-14-6-4-13(5-7-14)17(30)28(2)3/h4-7,12H,8-11H2,1-3H3,(H2,22,23,27,31). The predicted molar refractivity (Wildman–Crippen MR) is 127 cm³/mol. The fourth-order valence-electron chi connectivity index (χ4n) is 3.03. The molecule has 12 nitrogen and oxygen atoms in total. The van der Waals surface area contributed by atoms with E-state index in [2.05, 4.69) is 30.6 Å². The summed E-state index contributed by atoms with van der Waals surface area (Å²) in [4.78, 5) is 45.6. The first kappa shape index (κ1) is 23.3. The average molecular weight is 485 g/mol. The van der Waals surface area contributed by atoms with Gasteiger partial charge >= 0.3 is 12.0 Å². The molecule has 3 aromatic rings. The summed E-state index contributed by atoms with van der Waals surface area (Å²) in [6.07, 6.45) is 1.58. The summed E-state index contributed by atoms with van der Waals surface area (Å²) in [6, 6.07) is 6.47. The molecule has 13 heteroatoms. The molecule has 3 heterocycles. The molecule has 0 radical (unpaired) electrons. The van der Waals surface area contributed by atoms with E-state index in [0.717, 1.165) is 0 Å². The Morgan fingerprint density at radius 3 is 2.53 bits per heavy atom. The van der Waals surface area contributed by atoms with Crippen LogP contribution in [0.25, 0.3) is 10.7 Å². The Kier molecular flexibility index (Phi) is 7.13. The molecule has 3 amide bonds. The van der Waals surface area contributed by atoms with E-state index in [1.807, 2.05) is 4.90 Å². The van der Waals surface area contributed by atoms with E-state index in [4.69, 9.17) is 9.47 Å². The lowest BCUT2D eigenvalue weighted by molar-refractivity contribution is 0.0827. The van der Waals surface area contributed by atoms with Gasteiger partial charge in [0.15, 0.2) is 11.0 Å². The SMILES string of the molecule is CNC(=O)Nc1ncc(-c2nc(Oc3ccc(C(=O)N(C)C)cc3)nc(N3CCOCC3)n2)s1. The third-order valence-electron chi connectivity index (χ3n) is 4.79. The number of carbonyl (C=O) groups is 2. The van der Waals surface area contributed by atoms with Gasteiger partial charge in [0.05, 0.1) is 24.3 Å². The van der Waals surface area contributed by atoms with Crippen LogP contribution < -0.4 is 20.3 Å². The number of aromatic nitrogens is 4. The van der Waals surface area contributed by atoms with Crippen LogP contribution in [0.3, 0.4) is 0 Å². The highest BCUT2D eigenvalue weighted by molar-refractivity contribution is 7.19. The molecule has 2 aromatic heterocycles. The number of amides is 3. The number of morpholine rings is 1. The number of hydrogen-bond donors (Lipinski definition) is 2. The van der Waals surface area contributed by atoms with Crippen LogP contribution in [0.5, 0.6) is 11.8 Å². The van der Waals surface area contributed by atoms with Gasteiger partial charge in [-0.2, -0.15) is 15.0 Å². The summed E-state index contributed by atoms with van der Waals surface area (Å²) in [5.74, 6) is 1.20. The van der Waals surface area contributed by atoms with Crippen LogP contribution in [-0.2, 0) is 4.74 Å². The highest BCUT2D eigenvalue weighted by Gasteiger charge is 2.20. The Labute approximate surface area is 200 Å². The first-order valence-corrected chi connectivity index (χ1v) is 11.3. The molecule has 1 saturated heterocycles. The second kappa shape index (κ2) is 10.4. The van der Waals surface area contributed by atoms with E-state index >= 15 is 0 Å². The van der Waals surface area contributed by atoms with Gasteiger partial charge in [0.1, 0.15) is 5.75 Å². The molecule has 0 atom stereocenters. The minimum atomic E-state index is -0.370. The van der Waals surface area contributed by atoms with Gasteiger partial charge in [-0.1, -0.05) is 11.3 Å². The largest absolute Gasteiger partial charge is 0.424 e. The Balaban J connectivity index is 1.62. The summed E-state index contributed by atoms with van der Waals surface area (Å²) in [6.45, 7) is 2.41. The number of ether oxygens (including phenoxy) is 2. The molecule has 0 unspecified atom stereocenters. The van der Waals surface area contributed by atoms with E-state index in [-0.39, 0.29) is 17.9 Å². The molecule has 0 saturated carbocycles. The van der Waals surface area contributed by atoms with Crippen molar-refractivity contribution in [3.8, 4) is 22.5 Å². The molecule has 1 aromatic carbocycles. The molecular formula is C21H24N8O4S. The predicted octanol–water partition coefficient (Wildman–Crippen LogP) is 2.08. The number of nitrogens with one attached hydrogen (secondary N) is 2. The van der Waals surface area contributed by atoms with Gasteiger partial charge in [-0.05, 0) is 24.3 Å². The van der Waals surface area contributed by atoms with Gasteiger partial charge in [-0.15, -0.1) is 0 Å². The smallest absolute Gasteiger partial charge is 0.327 e. The van der Waals surface area contributed by atoms with Crippen molar-refractivity contribution in [1.29, 1.82) is 0 Å². The first-order chi connectivity index (χ1) is 16.4. The van der Waals surface area contributed by atoms with Crippen molar-refractivity contribution in [3.63, 3.8) is 0 Å². The fourth-order valence-corrected chi connectivity index (χ4v) is 3.78. The van der Waals surface area contributed by atoms with E-state index < -0.39 is 0 Å². The topological polar surface area (TPSA) is 135 Å². The van der Waals surface area contributed by atoms with Gasteiger partial charge < -0.3 is 24.6 Å². The van der Waals surface area contributed by atoms with Crippen molar-refractivity contribution in [3.05, 3.63) is 36.0 Å². The van der Waals surface area contributed by atoms with Crippen molar-refractivity contribution in [2.45, 2.75) is 0 Å². The number of rotatable bonds is 6. The Morgan fingerprint density at radius 2 is 1.85 bits per heavy atom. The fraction of sp³-hybridized carbons (Fsp3) is 0.333. The van der Waals surface area contributed by atoms with E-state index in [1.165, 1.54) is 23.3 Å². The van der Waals surface area contributed by atoms with Gasteiger partial charge in [-0.3, -0.25) is 10.1 Å². The molecule has 0 aliphatic carbocycles. The van der Waals surface area contributed by atoms with Crippen molar-refractivity contribution >= 4 is 34.4 Å². The number of hydrogen-bond acceptors (Lipinski definition) is 10. The van der Waals surface area contributed by atoms with Crippen molar-refractivity contribution in [1.82, 2.24) is 30.2 Å². The van der Waals surface area contributed by atoms with E-state index in [9.17, 15) is 9.59 Å². The number of anilines is 2. The third-order valence-corrected chi connectivity index (χ3v) is 5.70. The normalized spacial score (nSPS) is 13.3. The van der Waals surface area contributed by atoms with Crippen LogP contribution in [0, 0.1) is 0 Å². The van der Waals surface area contributed by atoms with Crippen molar-refractivity contribution in [2.75, 3.05) is 57.7 Å². The molecule has 2 N–H and O–H groups in total.